The molecule has 4 nitrogen and oxygen atoms in total. The van der Waals surface area contributed by atoms with Gasteiger partial charge < -0.3 is 10.6 Å². The molecule has 1 aliphatic heterocycles. The number of amides is 1. The molecule has 0 unspecified atom stereocenters. The van der Waals surface area contributed by atoms with Crippen molar-refractivity contribution in [2.45, 2.75) is 26.4 Å². The second-order valence-electron chi connectivity index (χ2n) is 7.71. The molecule has 1 aromatic carbocycles. The molecule has 1 aliphatic carbocycles. The number of Topliss-reactive ketones (excluding diaryl/α,β-unsaturated/α-hetero) is 1. The predicted molar refractivity (Wildman–Crippen MR) is 90.5 cm³/mol. The molecule has 140 valence electrons. The fourth-order valence-corrected chi connectivity index (χ4v) is 4.21. The zero-order valence-corrected chi connectivity index (χ0v) is 15.0. The van der Waals surface area contributed by atoms with Gasteiger partial charge >= 0.3 is 6.18 Å². The molecule has 0 radical (unpaired) electrons. The van der Waals surface area contributed by atoms with Crippen molar-refractivity contribution in [1.29, 1.82) is 0 Å². The zero-order valence-electron chi connectivity index (χ0n) is 14.3. The van der Waals surface area contributed by atoms with Crippen LogP contribution in [0.3, 0.4) is 0 Å². The van der Waals surface area contributed by atoms with Crippen molar-refractivity contribution < 1.29 is 22.8 Å². The van der Waals surface area contributed by atoms with Crippen LogP contribution in [0.25, 0.3) is 0 Å². The van der Waals surface area contributed by atoms with Gasteiger partial charge in [0.05, 0.1) is 16.3 Å². The van der Waals surface area contributed by atoms with Gasteiger partial charge in [-0.1, -0.05) is 25.4 Å². The zero-order chi connectivity index (χ0) is 19.5. The molecule has 0 aromatic heterocycles. The van der Waals surface area contributed by atoms with Gasteiger partial charge in [0.2, 0.25) is 0 Å². The Morgan fingerprint density at radius 1 is 1.27 bits per heavy atom. The van der Waals surface area contributed by atoms with Gasteiger partial charge in [-0.3, -0.25) is 9.59 Å². The molecule has 1 saturated heterocycles. The van der Waals surface area contributed by atoms with Crippen LogP contribution in [-0.4, -0.2) is 29.7 Å². The SMILES string of the molecule is CC1(C)CC2(C=C(N)C1=O)CN(C(=O)c1ccc(C(F)(F)F)c(Cl)c1)C2. The molecule has 2 aliphatic rings. The third-order valence-corrected chi connectivity index (χ3v) is 5.27. The maximum Gasteiger partial charge on any atom is 0.417 e. The largest absolute Gasteiger partial charge is 0.417 e. The first kappa shape index (κ1) is 18.8. The quantitative estimate of drug-likeness (QED) is 0.801. The summed E-state index contributed by atoms with van der Waals surface area (Å²) < 4.78 is 38.3. The molecule has 0 bridgehead atoms. The summed E-state index contributed by atoms with van der Waals surface area (Å²) in [6.45, 7) is 4.36. The third-order valence-electron chi connectivity index (χ3n) is 4.95. The van der Waals surface area contributed by atoms with E-state index in [0.29, 0.717) is 19.5 Å². The van der Waals surface area contributed by atoms with E-state index in [9.17, 15) is 22.8 Å². The summed E-state index contributed by atoms with van der Waals surface area (Å²) in [4.78, 5) is 26.1. The summed E-state index contributed by atoms with van der Waals surface area (Å²) >= 11 is 5.68. The fourth-order valence-electron chi connectivity index (χ4n) is 3.92. The Labute approximate surface area is 153 Å². The highest BCUT2D eigenvalue weighted by molar-refractivity contribution is 6.31. The summed E-state index contributed by atoms with van der Waals surface area (Å²) in [7, 11) is 0. The topological polar surface area (TPSA) is 63.4 Å². The van der Waals surface area contributed by atoms with E-state index in [1.165, 1.54) is 4.90 Å². The minimum atomic E-state index is -4.57. The highest BCUT2D eigenvalue weighted by atomic mass is 35.5. The van der Waals surface area contributed by atoms with Crippen LogP contribution in [0.15, 0.2) is 30.0 Å². The normalized spacial score (nSPS) is 21.4. The molecule has 1 spiro atoms. The Balaban J connectivity index is 1.77. The van der Waals surface area contributed by atoms with E-state index in [-0.39, 0.29) is 22.5 Å². The lowest BCUT2D eigenvalue weighted by atomic mass is 9.62. The summed E-state index contributed by atoms with van der Waals surface area (Å²) in [5, 5.41) is -0.507. The molecular formula is C18H18ClF3N2O2. The Morgan fingerprint density at radius 2 is 1.88 bits per heavy atom. The average Bonchev–Trinajstić information content (AvgIpc) is 2.47. The van der Waals surface area contributed by atoms with Gasteiger partial charge in [-0.05, 0) is 30.7 Å². The van der Waals surface area contributed by atoms with Crippen molar-refractivity contribution in [2.75, 3.05) is 13.1 Å². The van der Waals surface area contributed by atoms with Crippen LogP contribution >= 0.6 is 11.6 Å². The van der Waals surface area contributed by atoms with Gasteiger partial charge in [-0.2, -0.15) is 13.2 Å². The molecular weight excluding hydrogens is 369 g/mol. The number of benzene rings is 1. The highest BCUT2D eigenvalue weighted by Crippen LogP contribution is 2.47. The first-order valence-electron chi connectivity index (χ1n) is 8.04. The van der Waals surface area contributed by atoms with Gasteiger partial charge in [0, 0.05) is 29.5 Å². The van der Waals surface area contributed by atoms with Gasteiger partial charge in [-0.25, -0.2) is 0 Å². The van der Waals surface area contributed by atoms with E-state index >= 15 is 0 Å². The minimum Gasteiger partial charge on any atom is -0.396 e. The lowest BCUT2D eigenvalue weighted by Gasteiger charge is -2.53. The molecule has 1 aromatic rings. The van der Waals surface area contributed by atoms with E-state index in [0.717, 1.165) is 18.2 Å². The van der Waals surface area contributed by atoms with Crippen molar-refractivity contribution in [1.82, 2.24) is 4.90 Å². The Morgan fingerprint density at radius 3 is 2.38 bits per heavy atom. The molecule has 1 amide bonds. The Kier molecular flexibility index (Phi) is 4.14. The van der Waals surface area contributed by atoms with Crippen LogP contribution in [-0.2, 0) is 11.0 Å². The number of likely N-dealkylation sites (tertiary alicyclic amines) is 1. The van der Waals surface area contributed by atoms with Crippen molar-refractivity contribution in [3.8, 4) is 0 Å². The summed E-state index contributed by atoms with van der Waals surface area (Å²) in [6.07, 6.45) is -2.29. The van der Waals surface area contributed by atoms with Crippen molar-refractivity contribution in [3.05, 3.63) is 46.1 Å². The second kappa shape index (κ2) is 5.74. The van der Waals surface area contributed by atoms with Crippen LogP contribution in [0.5, 0.6) is 0 Å². The van der Waals surface area contributed by atoms with Crippen LogP contribution in [0.4, 0.5) is 13.2 Å². The monoisotopic (exact) mass is 386 g/mol. The number of nitrogens with zero attached hydrogens (tertiary/aromatic N) is 1. The molecule has 1 heterocycles. The molecule has 8 heteroatoms. The predicted octanol–water partition coefficient (Wildman–Crippen LogP) is 3.64. The summed E-state index contributed by atoms with van der Waals surface area (Å²) in [6, 6.07) is 2.97. The molecule has 0 atom stereocenters. The number of halogens is 4. The fraction of sp³-hybridized carbons (Fsp3) is 0.444. The van der Waals surface area contributed by atoms with E-state index in [1.54, 1.807) is 6.08 Å². The van der Waals surface area contributed by atoms with Crippen LogP contribution < -0.4 is 5.73 Å². The maximum absolute atomic E-state index is 12.8. The lowest BCUT2D eigenvalue weighted by Crippen LogP contribution is -2.61. The van der Waals surface area contributed by atoms with Crippen molar-refractivity contribution in [3.63, 3.8) is 0 Å². The standard InChI is InChI=1S/C18H18ClF3N2O2/c1-16(2)7-17(6-13(23)14(16)25)8-24(9-17)15(26)10-3-4-11(12(19)5-10)18(20,21)22/h3-6H,7-9,23H2,1-2H3. The number of hydrogen-bond acceptors (Lipinski definition) is 3. The van der Waals surface area contributed by atoms with Gasteiger partial charge in [0.1, 0.15) is 0 Å². The van der Waals surface area contributed by atoms with Crippen LogP contribution in [0.2, 0.25) is 5.02 Å². The molecule has 3 rings (SSSR count). The number of carbonyl (C=O) groups excluding carboxylic acids is 2. The number of alkyl halides is 3. The first-order valence-corrected chi connectivity index (χ1v) is 8.42. The first-order chi connectivity index (χ1) is 11.8. The van der Waals surface area contributed by atoms with Crippen molar-refractivity contribution in [2.24, 2.45) is 16.6 Å². The van der Waals surface area contributed by atoms with Gasteiger partial charge in [0.15, 0.2) is 5.78 Å². The van der Waals surface area contributed by atoms with Crippen LogP contribution in [0, 0.1) is 10.8 Å². The molecule has 0 saturated carbocycles. The average molecular weight is 387 g/mol. The number of nitrogens with two attached hydrogens (primary N) is 1. The molecule has 1 fully saturated rings. The Hall–Kier alpha value is -2.02. The van der Waals surface area contributed by atoms with E-state index in [2.05, 4.69) is 0 Å². The number of carbonyl (C=O) groups is 2. The summed E-state index contributed by atoms with van der Waals surface area (Å²) in [5.41, 5.74) is 4.18. The number of allylic oxidation sites excluding steroid dienone is 1. The number of ketones is 1. The number of hydrogen-bond donors (Lipinski definition) is 1. The molecule has 2 N–H and O–H groups in total. The van der Waals surface area contributed by atoms with Gasteiger partial charge in [-0.15, -0.1) is 0 Å². The third kappa shape index (κ3) is 3.09. The minimum absolute atomic E-state index is 0.0981. The van der Waals surface area contributed by atoms with E-state index in [4.69, 9.17) is 17.3 Å². The second-order valence-corrected chi connectivity index (χ2v) is 8.11. The highest BCUT2D eigenvalue weighted by Gasteiger charge is 2.51. The maximum atomic E-state index is 12.8. The van der Waals surface area contributed by atoms with E-state index in [1.807, 2.05) is 13.8 Å². The summed E-state index contributed by atoms with van der Waals surface area (Å²) in [5.74, 6) is -0.504. The smallest absolute Gasteiger partial charge is 0.396 e. The molecule has 26 heavy (non-hydrogen) atoms. The Bertz CT molecular complexity index is 824. The van der Waals surface area contributed by atoms with Gasteiger partial charge in [0.25, 0.3) is 5.91 Å². The lowest BCUT2D eigenvalue weighted by molar-refractivity contribution is -0.137. The van der Waals surface area contributed by atoms with Crippen LogP contribution in [0.1, 0.15) is 36.2 Å². The van der Waals surface area contributed by atoms with Crippen molar-refractivity contribution >= 4 is 23.3 Å². The number of rotatable bonds is 1. The van der Waals surface area contributed by atoms with E-state index < -0.39 is 28.1 Å².